The lowest BCUT2D eigenvalue weighted by Crippen LogP contribution is -2.53. The van der Waals surface area contributed by atoms with Gasteiger partial charge in [-0.05, 0) is 97.7 Å². The van der Waals surface area contributed by atoms with Gasteiger partial charge in [-0.25, -0.2) is 0 Å². The minimum absolute atomic E-state index is 0.307. The molecular weight excluding hydrogens is 344 g/mol. The van der Waals surface area contributed by atoms with Crippen molar-refractivity contribution in [1.29, 1.82) is 0 Å². The van der Waals surface area contributed by atoms with Crippen molar-refractivity contribution in [2.24, 2.45) is 46.3 Å². The first kappa shape index (κ1) is 20.3. The topological polar surface area (TPSA) is 26.3 Å². The van der Waals surface area contributed by atoms with Crippen LogP contribution >= 0.6 is 0 Å². The van der Waals surface area contributed by atoms with Crippen LogP contribution in [0, 0.1) is 58.4 Å². The molecule has 0 N–H and O–H groups in total. The number of carbonyl (C=O) groups excluding carboxylic acids is 1. The fourth-order valence-corrected chi connectivity index (χ4v) is 8.72. The van der Waals surface area contributed by atoms with Gasteiger partial charge in [-0.1, -0.05) is 39.5 Å². The molecule has 8 atom stereocenters. The Balaban J connectivity index is 1.47. The number of rotatable bonds is 2. The molecule has 28 heavy (non-hydrogen) atoms. The Morgan fingerprint density at radius 1 is 1.00 bits per heavy atom. The molecule has 0 amide bonds. The number of fused-ring (bicyclic) bond motifs is 5. The highest BCUT2D eigenvalue weighted by atomic mass is 16.5. The van der Waals surface area contributed by atoms with E-state index >= 15 is 0 Å². The van der Waals surface area contributed by atoms with Gasteiger partial charge in [0.1, 0.15) is 6.11 Å². The van der Waals surface area contributed by atoms with Gasteiger partial charge < -0.3 is 4.74 Å². The van der Waals surface area contributed by atoms with E-state index in [4.69, 9.17) is 4.74 Å². The Kier molecular flexibility index (Phi) is 5.58. The highest BCUT2D eigenvalue weighted by Crippen LogP contribution is 2.68. The minimum atomic E-state index is -0.307. The van der Waals surface area contributed by atoms with E-state index in [-0.39, 0.29) is 5.97 Å². The van der Waals surface area contributed by atoms with E-state index in [1.807, 2.05) is 0 Å². The van der Waals surface area contributed by atoms with Crippen molar-refractivity contribution in [1.82, 2.24) is 0 Å². The SMILES string of the molecule is CC(=O)OC#CC[C@@H](C)[C@H]1CC[C@H]2[C@@H]3CCC4CCCC[C@]4(C)[C@H]3CC[C@]12C. The fourth-order valence-electron chi connectivity index (χ4n) is 8.72. The Bertz CT molecular complexity index is 657. The molecule has 0 aromatic rings. The number of esters is 1. The van der Waals surface area contributed by atoms with Crippen molar-refractivity contribution in [3.63, 3.8) is 0 Å². The van der Waals surface area contributed by atoms with E-state index in [1.165, 1.54) is 71.1 Å². The Labute approximate surface area is 172 Å². The molecule has 0 heterocycles. The first-order valence-electron chi connectivity index (χ1n) is 12.0. The van der Waals surface area contributed by atoms with Crippen molar-refractivity contribution >= 4 is 5.97 Å². The van der Waals surface area contributed by atoms with E-state index in [1.54, 1.807) is 0 Å². The molecule has 0 saturated heterocycles. The summed E-state index contributed by atoms with van der Waals surface area (Å²) in [6, 6.07) is 0. The summed E-state index contributed by atoms with van der Waals surface area (Å²) in [6.45, 7) is 9.10. The predicted octanol–water partition coefficient (Wildman–Crippen LogP) is 6.59. The second-order valence-corrected chi connectivity index (χ2v) is 11.2. The van der Waals surface area contributed by atoms with E-state index in [2.05, 4.69) is 32.8 Å². The molecule has 4 saturated carbocycles. The van der Waals surface area contributed by atoms with Crippen molar-refractivity contribution in [3.05, 3.63) is 0 Å². The van der Waals surface area contributed by atoms with E-state index in [9.17, 15) is 4.79 Å². The summed E-state index contributed by atoms with van der Waals surface area (Å²) >= 11 is 0. The second-order valence-electron chi connectivity index (χ2n) is 11.2. The lowest BCUT2D eigenvalue weighted by molar-refractivity contribution is -0.134. The molecule has 156 valence electrons. The van der Waals surface area contributed by atoms with Crippen molar-refractivity contribution in [3.8, 4) is 12.0 Å². The summed E-state index contributed by atoms with van der Waals surface area (Å²) < 4.78 is 4.82. The first-order chi connectivity index (χ1) is 13.4. The van der Waals surface area contributed by atoms with Crippen LogP contribution in [0.25, 0.3) is 0 Å². The normalized spacial score (nSPS) is 45.6. The van der Waals surface area contributed by atoms with E-state index < -0.39 is 0 Å². The van der Waals surface area contributed by atoms with Crippen LogP contribution in [0.4, 0.5) is 0 Å². The number of carbonyl (C=O) groups is 1. The lowest BCUT2D eigenvalue weighted by Gasteiger charge is -2.60. The maximum absolute atomic E-state index is 10.9. The molecule has 4 fully saturated rings. The van der Waals surface area contributed by atoms with Gasteiger partial charge in [0.25, 0.3) is 0 Å². The predicted molar refractivity (Wildman–Crippen MR) is 113 cm³/mol. The van der Waals surface area contributed by atoms with Crippen LogP contribution in [-0.2, 0) is 9.53 Å². The molecule has 4 rings (SSSR count). The zero-order valence-electron chi connectivity index (χ0n) is 18.6. The molecule has 2 heteroatoms. The van der Waals surface area contributed by atoms with Crippen LogP contribution in [-0.4, -0.2) is 5.97 Å². The average molecular weight is 385 g/mol. The average Bonchev–Trinajstić information content (AvgIpc) is 3.01. The van der Waals surface area contributed by atoms with Gasteiger partial charge in [-0.2, -0.15) is 0 Å². The highest BCUT2D eigenvalue weighted by molar-refractivity contribution is 5.67. The Hall–Kier alpha value is -0.970. The van der Waals surface area contributed by atoms with Gasteiger partial charge in [0.2, 0.25) is 0 Å². The van der Waals surface area contributed by atoms with E-state index in [0.717, 1.165) is 36.0 Å². The van der Waals surface area contributed by atoms with Gasteiger partial charge >= 0.3 is 5.97 Å². The zero-order valence-corrected chi connectivity index (χ0v) is 18.6. The van der Waals surface area contributed by atoms with Gasteiger partial charge in [0, 0.05) is 13.3 Å². The molecule has 0 aliphatic heterocycles. The van der Waals surface area contributed by atoms with Crippen LogP contribution in [0.5, 0.6) is 0 Å². The number of ether oxygens (including phenoxy) is 1. The summed E-state index contributed by atoms with van der Waals surface area (Å²) in [5.41, 5.74) is 1.14. The monoisotopic (exact) mass is 384 g/mol. The molecule has 2 nitrogen and oxygen atoms in total. The van der Waals surface area contributed by atoms with Crippen LogP contribution in [0.3, 0.4) is 0 Å². The third kappa shape index (κ3) is 3.32. The number of hydrogen-bond acceptors (Lipinski definition) is 2. The standard InChI is InChI=1S/C26H40O2/c1-18(8-7-17-28-19(2)27)22-12-13-23-21-11-10-20-9-5-6-15-25(20,3)24(21)14-16-26(22,23)4/h18,20-24H,5-6,8-16H2,1-4H3/t18-,20?,21+,22-,23+,24+,25+,26-/m1/s1. The van der Waals surface area contributed by atoms with Gasteiger partial charge in [0.05, 0.1) is 0 Å². The third-order valence-corrected chi connectivity index (χ3v) is 10.0. The summed E-state index contributed by atoms with van der Waals surface area (Å²) in [5, 5.41) is 0. The second kappa shape index (κ2) is 7.70. The van der Waals surface area contributed by atoms with Crippen molar-refractivity contribution in [2.75, 3.05) is 0 Å². The lowest BCUT2D eigenvalue weighted by atomic mass is 9.44. The van der Waals surface area contributed by atoms with Crippen molar-refractivity contribution in [2.45, 2.75) is 98.3 Å². The Morgan fingerprint density at radius 3 is 2.57 bits per heavy atom. The summed E-state index contributed by atoms with van der Waals surface area (Å²) in [5.74, 6) is 8.09. The molecule has 1 unspecified atom stereocenters. The first-order valence-corrected chi connectivity index (χ1v) is 12.0. The largest absolute Gasteiger partial charge is 0.372 e. The molecule has 0 aromatic carbocycles. The Morgan fingerprint density at radius 2 is 1.79 bits per heavy atom. The summed E-state index contributed by atoms with van der Waals surface area (Å²) in [7, 11) is 0. The third-order valence-electron chi connectivity index (χ3n) is 10.0. The highest BCUT2D eigenvalue weighted by Gasteiger charge is 2.60. The van der Waals surface area contributed by atoms with E-state index in [0.29, 0.717) is 16.7 Å². The van der Waals surface area contributed by atoms with Gasteiger partial charge in [-0.15, -0.1) is 0 Å². The molecule has 4 aliphatic carbocycles. The molecule has 0 bridgehead atoms. The molecule has 4 aliphatic rings. The smallest absolute Gasteiger partial charge is 0.316 e. The molecular formula is C26H40O2. The van der Waals surface area contributed by atoms with Crippen LogP contribution < -0.4 is 0 Å². The maximum Gasteiger partial charge on any atom is 0.316 e. The number of hydrogen-bond donors (Lipinski definition) is 0. The minimum Gasteiger partial charge on any atom is -0.372 e. The summed E-state index contributed by atoms with van der Waals surface area (Å²) in [4.78, 5) is 10.9. The molecule has 0 spiro atoms. The van der Waals surface area contributed by atoms with Crippen LogP contribution in [0.2, 0.25) is 0 Å². The summed E-state index contributed by atoms with van der Waals surface area (Å²) in [6.07, 6.45) is 18.1. The zero-order chi connectivity index (χ0) is 19.9. The molecule has 0 aromatic heterocycles. The van der Waals surface area contributed by atoms with Crippen molar-refractivity contribution < 1.29 is 9.53 Å². The van der Waals surface area contributed by atoms with Gasteiger partial charge in [0.15, 0.2) is 0 Å². The molecule has 0 radical (unpaired) electrons. The van der Waals surface area contributed by atoms with Crippen LogP contribution in [0.1, 0.15) is 98.3 Å². The quantitative estimate of drug-likeness (QED) is 0.397. The maximum atomic E-state index is 10.9. The fraction of sp³-hybridized carbons (Fsp3) is 0.885. The van der Waals surface area contributed by atoms with Gasteiger partial charge in [-0.3, -0.25) is 4.79 Å². The van der Waals surface area contributed by atoms with Crippen LogP contribution in [0.15, 0.2) is 0 Å².